The standard InChI is InChI=1S/C25H23BrN2O3/c1-17-7-9-19(10-8-17)24(18-5-3-2-4-6-18)31-15-21(29)14-28-16-27-23-12-11-20(26)13-22(23)25(28)30/h2-13,16,21,24,29H,14-15H2,1H3. The van der Waals surface area contributed by atoms with E-state index in [2.05, 4.69) is 20.9 Å². The maximum Gasteiger partial charge on any atom is 0.261 e. The second kappa shape index (κ2) is 9.56. The van der Waals surface area contributed by atoms with E-state index < -0.39 is 6.10 Å². The highest BCUT2D eigenvalue weighted by molar-refractivity contribution is 9.10. The van der Waals surface area contributed by atoms with Gasteiger partial charge in [0.25, 0.3) is 5.56 Å². The molecule has 0 aliphatic heterocycles. The normalized spacial score (nSPS) is 13.3. The summed E-state index contributed by atoms with van der Waals surface area (Å²) < 4.78 is 8.37. The Kier molecular flexibility index (Phi) is 6.61. The van der Waals surface area contributed by atoms with Crippen molar-refractivity contribution in [3.8, 4) is 0 Å². The molecule has 0 aliphatic rings. The molecule has 31 heavy (non-hydrogen) atoms. The van der Waals surface area contributed by atoms with Crippen LogP contribution in [0.15, 0.2) is 88.4 Å². The summed E-state index contributed by atoms with van der Waals surface area (Å²) in [5, 5.41) is 11.1. The lowest BCUT2D eigenvalue weighted by molar-refractivity contribution is -0.000989. The zero-order valence-corrected chi connectivity index (χ0v) is 18.7. The summed E-state index contributed by atoms with van der Waals surface area (Å²) in [5.74, 6) is 0. The van der Waals surface area contributed by atoms with E-state index in [1.54, 1.807) is 12.1 Å². The van der Waals surface area contributed by atoms with E-state index >= 15 is 0 Å². The molecule has 0 aliphatic carbocycles. The highest BCUT2D eigenvalue weighted by Gasteiger charge is 2.17. The average Bonchev–Trinajstić information content (AvgIpc) is 2.78. The summed E-state index contributed by atoms with van der Waals surface area (Å²) in [7, 11) is 0. The smallest absolute Gasteiger partial charge is 0.261 e. The Morgan fingerprint density at radius 3 is 2.48 bits per heavy atom. The molecular weight excluding hydrogens is 456 g/mol. The minimum absolute atomic E-state index is 0.0798. The van der Waals surface area contributed by atoms with Gasteiger partial charge in [0.15, 0.2) is 0 Å². The Bertz CT molecular complexity index is 1220. The number of nitrogens with zero attached hydrogens (tertiary/aromatic N) is 2. The number of aryl methyl sites for hydroxylation is 1. The predicted octanol–water partition coefficient (Wildman–Crippen LogP) is 4.63. The van der Waals surface area contributed by atoms with E-state index in [1.165, 1.54) is 16.5 Å². The third-order valence-corrected chi connectivity index (χ3v) is 5.62. The number of benzene rings is 3. The molecule has 158 valence electrons. The second-order valence-corrected chi connectivity index (χ2v) is 8.47. The molecule has 3 aromatic carbocycles. The summed E-state index contributed by atoms with van der Waals surface area (Å²) in [5.41, 5.74) is 3.62. The molecule has 2 unspecified atom stereocenters. The number of halogens is 1. The number of aliphatic hydroxyl groups excluding tert-OH is 1. The van der Waals surface area contributed by atoms with Gasteiger partial charge in [0.1, 0.15) is 6.10 Å². The summed E-state index contributed by atoms with van der Waals surface area (Å²) in [6.45, 7) is 2.22. The lowest BCUT2D eigenvalue weighted by atomic mass is 10.0. The maximum absolute atomic E-state index is 12.8. The van der Waals surface area contributed by atoms with Crippen LogP contribution in [0, 0.1) is 6.92 Å². The minimum atomic E-state index is -0.860. The van der Waals surface area contributed by atoms with Gasteiger partial charge in [-0.1, -0.05) is 76.1 Å². The van der Waals surface area contributed by atoms with Crippen LogP contribution in [0.25, 0.3) is 10.9 Å². The molecule has 0 radical (unpaired) electrons. The highest BCUT2D eigenvalue weighted by atomic mass is 79.9. The quantitative estimate of drug-likeness (QED) is 0.420. The maximum atomic E-state index is 12.8. The summed E-state index contributed by atoms with van der Waals surface area (Å²) in [6, 6.07) is 23.4. The first-order valence-corrected chi connectivity index (χ1v) is 10.9. The van der Waals surface area contributed by atoms with E-state index in [0.717, 1.165) is 15.6 Å². The summed E-state index contributed by atoms with van der Waals surface area (Å²) in [6.07, 6.45) is 0.302. The van der Waals surface area contributed by atoms with Crippen LogP contribution >= 0.6 is 15.9 Å². The molecule has 5 nitrogen and oxygen atoms in total. The Morgan fingerprint density at radius 2 is 1.74 bits per heavy atom. The Hall–Kier alpha value is -2.80. The fraction of sp³-hybridized carbons (Fsp3) is 0.200. The van der Waals surface area contributed by atoms with Crippen molar-refractivity contribution in [2.45, 2.75) is 25.7 Å². The van der Waals surface area contributed by atoms with Crippen LogP contribution in [-0.4, -0.2) is 27.4 Å². The first-order valence-electron chi connectivity index (χ1n) is 10.1. The Labute approximate surface area is 189 Å². The van der Waals surface area contributed by atoms with Crippen molar-refractivity contribution in [3.05, 3.63) is 111 Å². The van der Waals surface area contributed by atoms with Crippen LogP contribution < -0.4 is 5.56 Å². The number of hydrogen-bond acceptors (Lipinski definition) is 4. The van der Waals surface area contributed by atoms with Gasteiger partial charge in [-0.3, -0.25) is 9.36 Å². The number of hydrogen-bond donors (Lipinski definition) is 1. The SMILES string of the molecule is Cc1ccc(C(OCC(O)Cn2cnc3ccc(Br)cc3c2=O)c2ccccc2)cc1. The molecule has 2 atom stereocenters. The van der Waals surface area contributed by atoms with Gasteiger partial charge >= 0.3 is 0 Å². The van der Waals surface area contributed by atoms with E-state index in [4.69, 9.17) is 4.74 Å². The van der Waals surface area contributed by atoms with Crippen molar-refractivity contribution in [3.63, 3.8) is 0 Å². The van der Waals surface area contributed by atoms with Crippen molar-refractivity contribution >= 4 is 26.8 Å². The number of rotatable bonds is 7. The van der Waals surface area contributed by atoms with Crippen molar-refractivity contribution in [1.29, 1.82) is 0 Å². The fourth-order valence-electron chi connectivity index (χ4n) is 3.50. The van der Waals surface area contributed by atoms with Gasteiger partial charge in [-0.15, -0.1) is 0 Å². The Balaban J connectivity index is 1.51. The second-order valence-electron chi connectivity index (χ2n) is 7.55. The molecule has 6 heteroatoms. The lowest BCUT2D eigenvalue weighted by Crippen LogP contribution is -2.30. The van der Waals surface area contributed by atoms with E-state index in [0.29, 0.717) is 10.9 Å². The van der Waals surface area contributed by atoms with Gasteiger partial charge in [-0.25, -0.2) is 4.98 Å². The predicted molar refractivity (Wildman–Crippen MR) is 125 cm³/mol. The van der Waals surface area contributed by atoms with Crippen LogP contribution in [-0.2, 0) is 11.3 Å². The average molecular weight is 479 g/mol. The number of ether oxygens (including phenoxy) is 1. The zero-order valence-electron chi connectivity index (χ0n) is 17.1. The van der Waals surface area contributed by atoms with Crippen LogP contribution in [0.3, 0.4) is 0 Å². The number of aromatic nitrogens is 2. The molecule has 0 amide bonds. The molecule has 0 saturated heterocycles. The van der Waals surface area contributed by atoms with Crippen molar-refractivity contribution in [1.82, 2.24) is 9.55 Å². The first-order chi connectivity index (χ1) is 15.0. The van der Waals surface area contributed by atoms with E-state index in [-0.39, 0.29) is 24.8 Å². The first kappa shape index (κ1) is 21.4. The zero-order chi connectivity index (χ0) is 21.8. The summed E-state index contributed by atoms with van der Waals surface area (Å²) in [4.78, 5) is 17.1. The van der Waals surface area contributed by atoms with Gasteiger partial charge in [0.2, 0.25) is 0 Å². The van der Waals surface area contributed by atoms with Gasteiger partial charge in [-0.2, -0.15) is 0 Å². The molecule has 1 aromatic heterocycles. The van der Waals surface area contributed by atoms with Crippen LogP contribution in [0.5, 0.6) is 0 Å². The third kappa shape index (κ3) is 5.10. The molecule has 1 N–H and O–H groups in total. The molecule has 0 fully saturated rings. The molecule has 4 rings (SSSR count). The van der Waals surface area contributed by atoms with Crippen molar-refractivity contribution in [2.75, 3.05) is 6.61 Å². The van der Waals surface area contributed by atoms with Crippen LogP contribution in [0.1, 0.15) is 22.8 Å². The van der Waals surface area contributed by atoms with Crippen LogP contribution in [0.4, 0.5) is 0 Å². The molecule has 0 bridgehead atoms. The van der Waals surface area contributed by atoms with Gasteiger partial charge in [0.05, 0.1) is 36.5 Å². The minimum Gasteiger partial charge on any atom is -0.389 e. The van der Waals surface area contributed by atoms with Gasteiger partial charge in [-0.05, 0) is 36.2 Å². The Morgan fingerprint density at radius 1 is 1.03 bits per heavy atom. The number of fused-ring (bicyclic) bond motifs is 1. The highest BCUT2D eigenvalue weighted by Crippen LogP contribution is 2.26. The molecule has 4 aromatic rings. The molecule has 0 spiro atoms. The largest absolute Gasteiger partial charge is 0.389 e. The topological polar surface area (TPSA) is 64.3 Å². The molecule has 0 saturated carbocycles. The third-order valence-electron chi connectivity index (χ3n) is 5.13. The van der Waals surface area contributed by atoms with Crippen LogP contribution in [0.2, 0.25) is 0 Å². The fourth-order valence-corrected chi connectivity index (χ4v) is 3.86. The van der Waals surface area contributed by atoms with Gasteiger partial charge in [0, 0.05) is 4.47 Å². The number of aliphatic hydroxyl groups is 1. The summed E-state index contributed by atoms with van der Waals surface area (Å²) >= 11 is 3.39. The van der Waals surface area contributed by atoms with Gasteiger partial charge < -0.3 is 9.84 Å². The van der Waals surface area contributed by atoms with E-state index in [1.807, 2.05) is 67.6 Å². The monoisotopic (exact) mass is 478 g/mol. The van der Waals surface area contributed by atoms with E-state index in [9.17, 15) is 9.90 Å². The van der Waals surface area contributed by atoms with Crippen molar-refractivity contribution in [2.24, 2.45) is 0 Å². The lowest BCUT2D eigenvalue weighted by Gasteiger charge is -2.21. The molecule has 1 heterocycles. The molecular formula is C25H23BrN2O3. The van der Waals surface area contributed by atoms with Crippen molar-refractivity contribution < 1.29 is 9.84 Å².